The van der Waals surface area contributed by atoms with Crippen LogP contribution in [0.1, 0.15) is 11.3 Å². The van der Waals surface area contributed by atoms with Crippen LogP contribution in [-0.2, 0) is 6.42 Å². The lowest BCUT2D eigenvalue weighted by molar-refractivity contribution is 0.391. The highest BCUT2D eigenvalue weighted by Gasteiger charge is 2.11. The molecule has 3 rings (SSSR count). The van der Waals surface area contributed by atoms with Gasteiger partial charge in [0.1, 0.15) is 23.0 Å². The van der Waals surface area contributed by atoms with Crippen LogP contribution in [0.25, 0.3) is 11.4 Å². The van der Waals surface area contributed by atoms with Gasteiger partial charge in [0.05, 0.1) is 6.20 Å². The van der Waals surface area contributed by atoms with E-state index in [2.05, 4.69) is 25.1 Å². The molecular formula is C12H11N7O. The quantitative estimate of drug-likeness (QED) is 0.709. The van der Waals surface area contributed by atoms with Crippen LogP contribution in [0.2, 0.25) is 0 Å². The first-order valence-corrected chi connectivity index (χ1v) is 5.81. The lowest BCUT2D eigenvalue weighted by Crippen LogP contribution is -2.03. The summed E-state index contributed by atoms with van der Waals surface area (Å²) in [6.07, 6.45) is 6.80. The zero-order valence-electron chi connectivity index (χ0n) is 10.4. The van der Waals surface area contributed by atoms with Crippen molar-refractivity contribution in [3.8, 4) is 11.4 Å². The fourth-order valence-electron chi connectivity index (χ4n) is 1.71. The van der Waals surface area contributed by atoms with Gasteiger partial charge in [-0.25, -0.2) is 4.98 Å². The van der Waals surface area contributed by atoms with Gasteiger partial charge in [0.15, 0.2) is 0 Å². The lowest BCUT2D eigenvalue weighted by Gasteiger charge is -2.01. The van der Waals surface area contributed by atoms with Crippen LogP contribution >= 0.6 is 0 Å². The van der Waals surface area contributed by atoms with Crippen LogP contribution in [-0.4, -0.2) is 25.1 Å². The predicted molar refractivity (Wildman–Crippen MR) is 71.2 cm³/mol. The first-order valence-electron chi connectivity index (χ1n) is 5.81. The molecule has 0 unspecified atom stereocenters. The van der Waals surface area contributed by atoms with Gasteiger partial charge >= 0.3 is 0 Å². The average molecular weight is 269 g/mol. The fourth-order valence-corrected chi connectivity index (χ4v) is 1.71. The van der Waals surface area contributed by atoms with Gasteiger partial charge in [-0.2, -0.15) is 4.98 Å². The molecule has 0 spiro atoms. The molecule has 0 bridgehead atoms. The van der Waals surface area contributed by atoms with Crippen molar-refractivity contribution < 1.29 is 4.52 Å². The molecule has 4 N–H and O–H groups in total. The molecule has 3 heterocycles. The Hall–Kier alpha value is -3.03. The summed E-state index contributed by atoms with van der Waals surface area (Å²) in [5.41, 5.74) is 13.2. The van der Waals surface area contributed by atoms with E-state index < -0.39 is 0 Å². The summed E-state index contributed by atoms with van der Waals surface area (Å²) in [5.74, 6) is 1.10. The molecule has 0 aliphatic heterocycles. The van der Waals surface area contributed by atoms with Crippen LogP contribution in [0.4, 0.5) is 11.8 Å². The minimum Gasteiger partial charge on any atom is -0.383 e. The Bertz CT molecular complexity index is 726. The Morgan fingerprint density at radius 2 is 1.95 bits per heavy atom. The summed E-state index contributed by atoms with van der Waals surface area (Å²) in [5, 5.41) is 3.95. The number of anilines is 2. The summed E-state index contributed by atoms with van der Waals surface area (Å²) in [4.78, 5) is 15.9. The molecule has 3 aromatic heterocycles. The maximum atomic E-state index is 5.77. The Balaban J connectivity index is 1.84. The summed E-state index contributed by atoms with van der Waals surface area (Å²) in [6.45, 7) is 0. The zero-order chi connectivity index (χ0) is 13.9. The van der Waals surface area contributed by atoms with Gasteiger partial charge in [-0.3, -0.25) is 9.97 Å². The highest BCUT2D eigenvalue weighted by molar-refractivity contribution is 5.52. The third kappa shape index (κ3) is 2.39. The van der Waals surface area contributed by atoms with E-state index in [1.54, 1.807) is 30.9 Å². The van der Waals surface area contributed by atoms with Crippen LogP contribution < -0.4 is 11.5 Å². The number of rotatable bonds is 3. The summed E-state index contributed by atoms with van der Waals surface area (Å²) < 4.78 is 5.25. The molecule has 0 fully saturated rings. The van der Waals surface area contributed by atoms with Gasteiger partial charge in [0.25, 0.3) is 0 Å². The lowest BCUT2D eigenvalue weighted by atomic mass is 10.1. The molecule has 0 aliphatic carbocycles. The van der Waals surface area contributed by atoms with Crippen molar-refractivity contribution >= 4 is 11.8 Å². The number of nitrogens with zero attached hydrogens (tertiary/aromatic N) is 5. The minimum absolute atomic E-state index is 0.143. The molecule has 0 radical (unpaired) electrons. The maximum absolute atomic E-state index is 5.77. The number of hydrogen-bond acceptors (Lipinski definition) is 8. The smallest absolute Gasteiger partial charge is 0.221 e. The number of hydrogen-bond donors (Lipinski definition) is 2. The Morgan fingerprint density at radius 3 is 2.70 bits per heavy atom. The number of nitrogen functional groups attached to an aromatic ring is 2. The first kappa shape index (κ1) is 12.0. The highest BCUT2D eigenvalue weighted by atomic mass is 16.5. The van der Waals surface area contributed by atoms with Gasteiger partial charge in [-0.15, -0.1) is 0 Å². The molecule has 0 saturated heterocycles. The van der Waals surface area contributed by atoms with Gasteiger partial charge in [0, 0.05) is 36.6 Å². The van der Waals surface area contributed by atoms with Crippen molar-refractivity contribution in [3.63, 3.8) is 0 Å². The zero-order valence-corrected chi connectivity index (χ0v) is 10.4. The van der Waals surface area contributed by atoms with Crippen molar-refractivity contribution in [1.29, 1.82) is 0 Å². The van der Waals surface area contributed by atoms with E-state index in [9.17, 15) is 0 Å². The fraction of sp³-hybridized carbons (Fsp3) is 0.0833. The summed E-state index contributed by atoms with van der Waals surface area (Å²) in [6, 6.07) is 1.78. The Morgan fingerprint density at radius 1 is 1.05 bits per heavy atom. The molecule has 0 saturated carbocycles. The van der Waals surface area contributed by atoms with Crippen molar-refractivity contribution in [2.45, 2.75) is 6.42 Å². The summed E-state index contributed by atoms with van der Waals surface area (Å²) >= 11 is 0. The second kappa shape index (κ2) is 4.92. The van der Waals surface area contributed by atoms with E-state index in [4.69, 9.17) is 16.0 Å². The van der Waals surface area contributed by atoms with E-state index in [1.165, 1.54) is 0 Å². The van der Waals surface area contributed by atoms with Crippen LogP contribution in [0.15, 0.2) is 35.4 Å². The normalized spacial score (nSPS) is 10.6. The molecule has 20 heavy (non-hydrogen) atoms. The van der Waals surface area contributed by atoms with Crippen LogP contribution in [0, 0.1) is 0 Å². The minimum atomic E-state index is 0.143. The van der Waals surface area contributed by atoms with Gasteiger partial charge in [0.2, 0.25) is 5.95 Å². The van der Waals surface area contributed by atoms with E-state index in [0.29, 0.717) is 29.4 Å². The molecule has 0 atom stereocenters. The van der Waals surface area contributed by atoms with Gasteiger partial charge in [-0.05, 0) is 0 Å². The van der Waals surface area contributed by atoms with E-state index >= 15 is 0 Å². The van der Waals surface area contributed by atoms with Gasteiger partial charge < -0.3 is 16.0 Å². The van der Waals surface area contributed by atoms with Gasteiger partial charge in [-0.1, -0.05) is 5.16 Å². The topological polar surface area (TPSA) is 130 Å². The maximum Gasteiger partial charge on any atom is 0.221 e. The molecule has 0 amide bonds. The molecule has 8 heteroatoms. The number of aromatic nitrogens is 5. The summed E-state index contributed by atoms with van der Waals surface area (Å²) in [7, 11) is 0. The van der Waals surface area contributed by atoms with E-state index in [1.807, 2.05) is 0 Å². The van der Waals surface area contributed by atoms with Crippen LogP contribution in [0.3, 0.4) is 0 Å². The number of nitrogens with two attached hydrogens (primary N) is 2. The highest BCUT2D eigenvalue weighted by Crippen LogP contribution is 2.19. The van der Waals surface area contributed by atoms with Crippen LogP contribution in [0.5, 0.6) is 0 Å². The largest absolute Gasteiger partial charge is 0.383 e. The molecule has 3 aromatic rings. The van der Waals surface area contributed by atoms with Crippen molar-refractivity contribution in [2.75, 3.05) is 11.5 Å². The molecule has 0 aliphatic rings. The standard InChI is InChI=1S/C12H11N7O/c13-11-7(5-17-12(14)18-11)3-8-4-9(19-20-8)10-6-15-1-2-16-10/h1-2,4-6H,3H2,(H4,13,14,17,18). The third-order valence-electron chi connectivity index (χ3n) is 2.67. The second-order valence-corrected chi connectivity index (χ2v) is 4.08. The van der Waals surface area contributed by atoms with Crippen molar-refractivity contribution in [1.82, 2.24) is 25.1 Å². The average Bonchev–Trinajstić information content (AvgIpc) is 2.92. The second-order valence-electron chi connectivity index (χ2n) is 4.08. The molecule has 0 aromatic carbocycles. The van der Waals surface area contributed by atoms with E-state index in [-0.39, 0.29) is 5.95 Å². The molecule has 8 nitrogen and oxygen atoms in total. The third-order valence-corrected chi connectivity index (χ3v) is 2.67. The van der Waals surface area contributed by atoms with Crippen molar-refractivity contribution in [3.05, 3.63) is 42.2 Å². The Kier molecular flexibility index (Phi) is 2.96. The van der Waals surface area contributed by atoms with E-state index in [0.717, 1.165) is 5.56 Å². The molecular weight excluding hydrogens is 258 g/mol. The SMILES string of the molecule is Nc1ncc(Cc2cc(-c3cnccn3)no2)c(N)n1. The first-order chi connectivity index (χ1) is 9.72. The molecule has 100 valence electrons. The Labute approximate surface area is 113 Å². The monoisotopic (exact) mass is 269 g/mol. The predicted octanol–water partition coefficient (Wildman–Crippen LogP) is 0.677. The van der Waals surface area contributed by atoms with Crippen molar-refractivity contribution in [2.24, 2.45) is 0 Å².